The number of hydrogen-bond acceptors (Lipinski definition) is 5. The molecule has 2 aromatic rings. The lowest BCUT2D eigenvalue weighted by atomic mass is 9.96. The van der Waals surface area contributed by atoms with Gasteiger partial charge in [0.25, 0.3) is 0 Å². The number of primary amides is 1. The minimum Gasteiger partial charge on any atom is -0.463 e. The predicted octanol–water partition coefficient (Wildman–Crippen LogP) is 3.55. The monoisotopic (exact) mass is 411 g/mol. The van der Waals surface area contributed by atoms with Crippen LogP contribution in [0.25, 0.3) is 12.2 Å². The summed E-state index contributed by atoms with van der Waals surface area (Å²) in [5, 5.41) is 0. The van der Waals surface area contributed by atoms with Crippen LogP contribution in [-0.2, 0) is 23.9 Å². The molecule has 1 amide bonds. The van der Waals surface area contributed by atoms with Gasteiger partial charge in [-0.1, -0.05) is 12.1 Å². The van der Waals surface area contributed by atoms with E-state index >= 15 is 0 Å². The highest BCUT2D eigenvalue weighted by Crippen LogP contribution is 2.29. The van der Waals surface area contributed by atoms with Gasteiger partial charge in [0.15, 0.2) is 6.10 Å². The maximum absolute atomic E-state index is 13.8. The zero-order valence-electron chi connectivity index (χ0n) is 16.6. The smallest absolute Gasteiger partial charge is 0.330 e. The van der Waals surface area contributed by atoms with E-state index in [1.54, 1.807) is 31.2 Å². The summed E-state index contributed by atoms with van der Waals surface area (Å²) in [5.41, 5.74) is 7.28. The highest BCUT2D eigenvalue weighted by Gasteiger charge is 2.19. The molecule has 1 unspecified atom stereocenters. The average Bonchev–Trinajstić information content (AvgIpc) is 2.69. The molecule has 0 spiro atoms. The molecule has 0 heterocycles. The van der Waals surface area contributed by atoms with Crippen LogP contribution in [0.15, 0.2) is 54.6 Å². The summed E-state index contributed by atoms with van der Waals surface area (Å²) in [6, 6.07) is 10.8. The molecule has 30 heavy (non-hydrogen) atoms. The molecule has 0 saturated carbocycles. The van der Waals surface area contributed by atoms with Crippen molar-refractivity contribution in [1.29, 1.82) is 0 Å². The fraction of sp³-hybridized carbons (Fsp3) is 0.174. The Balaban J connectivity index is 2.56. The van der Waals surface area contributed by atoms with Crippen LogP contribution >= 0.6 is 0 Å². The molecule has 0 fully saturated rings. The highest BCUT2D eigenvalue weighted by atomic mass is 19.1. The molecule has 0 aliphatic carbocycles. The molecule has 0 saturated heterocycles. The van der Waals surface area contributed by atoms with Crippen molar-refractivity contribution in [1.82, 2.24) is 0 Å². The predicted molar refractivity (Wildman–Crippen MR) is 110 cm³/mol. The molecule has 0 bridgehead atoms. The van der Waals surface area contributed by atoms with E-state index in [0.29, 0.717) is 22.3 Å². The summed E-state index contributed by atoms with van der Waals surface area (Å²) in [7, 11) is 0. The van der Waals surface area contributed by atoms with Crippen molar-refractivity contribution in [3.63, 3.8) is 0 Å². The van der Waals surface area contributed by atoms with Gasteiger partial charge >= 0.3 is 11.9 Å². The van der Waals surface area contributed by atoms with Gasteiger partial charge in [-0.25, -0.2) is 9.18 Å². The fourth-order valence-corrected chi connectivity index (χ4v) is 2.74. The largest absolute Gasteiger partial charge is 0.463 e. The minimum atomic E-state index is -0.894. The van der Waals surface area contributed by atoms with Crippen LogP contribution in [0.5, 0.6) is 0 Å². The number of nitrogens with two attached hydrogens (primary N) is 1. The van der Waals surface area contributed by atoms with Crippen molar-refractivity contribution < 1.29 is 28.2 Å². The van der Waals surface area contributed by atoms with E-state index in [2.05, 4.69) is 0 Å². The molecular weight excluding hydrogens is 389 g/mol. The van der Waals surface area contributed by atoms with Crippen molar-refractivity contribution in [2.45, 2.75) is 20.0 Å². The van der Waals surface area contributed by atoms with Crippen LogP contribution < -0.4 is 5.73 Å². The molecular formula is C23H22FNO5. The van der Waals surface area contributed by atoms with Crippen molar-refractivity contribution in [3.8, 4) is 0 Å². The maximum Gasteiger partial charge on any atom is 0.330 e. The third kappa shape index (κ3) is 7.01. The zero-order chi connectivity index (χ0) is 22.1. The number of carbonyl (C=O) groups is 3. The Labute approximate surface area is 173 Å². The van der Waals surface area contributed by atoms with Crippen molar-refractivity contribution in [2.75, 3.05) is 6.61 Å². The Morgan fingerprint density at radius 1 is 1.03 bits per heavy atom. The summed E-state index contributed by atoms with van der Waals surface area (Å²) >= 11 is 0. The first-order valence-corrected chi connectivity index (χ1v) is 9.18. The maximum atomic E-state index is 13.8. The van der Waals surface area contributed by atoms with Gasteiger partial charge in [-0.05, 0) is 71.7 Å². The van der Waals surface area contributed by atoms with Crippen LogP contribution in [-0.4, -0.2) is 24.5 Å². The Morgan fingerprint density at radius 3 is 2.27 bits per heavy atom. The fourth-order valence-electron chi connectivity index (χ4n) is 2.74. The third-order valence-corrected chi connectivity index (χ3v) is 3.88. The Hall–Kier alpha value is -3.74. The summed E-state index contributed by atoms with van der Waals surface area (Å²) in [6.07, 6.45) is 4.56. The Kier molecular flexibility index (Phi) is 8.05. The molecule has 0 aromatic heterocycles. The molecule has 0 radical (unpaired) electrons. The van der Waals surface area contributed by atoms with Gasteiger partial charge in [0.05, 0.1) is 6.61 Å². The standard InChI is InChI=1S/C23H22FNO5/c1-3-29-22(28)10-8-17-11-16(7-9-21(25)27)12-19(13-17)23(30-15(2)26)18-5-4-6-20(24)14-18/h4-14,23H,3H2,1-2H3,(H2,25,27). The summed E-state index contributed by atoms with van der Waals surface area (Å²) in [6.45, 7) is 3.19. The lowest BCUT2D eigenvalue weighted by Crippen LogP contribution is -2.11. The number of hydrogen-bond donors (Lipinski definition) is 1. The third-order valence-electron chi connectivity index (χ3n) is 3.88. The number of ether oxygens (including phenoxy) is 2. The average molecular weight is 411 g/mol. The molecule has 7 heteroatoms. The van der Waals surface area contributed by atoms with Gasteiger partial charge in [0, 0.05) is 19.1 Å². The topological polar surface area (TPSA) is 95.7 Å². The van der Waals surface area contributed by atoms with Gasteiger partial charge in [0.1, 0.15) is 5.82 Å². The molecule has 0 aliphatic heterocycles. The number of halogens is 1. The number of amides is 1. The molecule has 2 rings (SSSR count). The van der Waals surface area contributed by atoms with Crippen molar-refractivity contribution in [2.24, 2.45) is 5.73 Å². The summed E-state index contributed by atoms with van der Waals surface area (Å²) in [4.78, 5) is 34.5. The number of carbonyl (C=O) groups excluding carboxylic acids is 3. The molecule has 156 valence electrons. The second-order valence-corrected chi connectivity index (χ2v) is 6.30. The molecule has 1 atom stereocenters. The van der Waals surface area contributed by atoms with E-state index < -0.39 is 29.8 Å². The van der Waals surface area contributed by atoms with E-state index in [1.165, 1.54) is 49.4 Å². The van der Waals surface area contributed by atoms with Crippen LogP contribution in [0.4, 0.5) is 4.39 Å². The Morgan fingerprint density at radius 2 is 1.70 bits per heavy atom. The molecule has 2 N–H and O–H groups in total. The van der Waals surface area contributed by atoms with E-state index in [1.807, 2.05) is 0 Å². The van der Waals surface area contributed by atoms with Crippen LogP contribution in [0.1, 0.15) is 42.2 Å². The van der Waals surface area contributed by atoms with Gasteiger partial charge in [-0.15, -0.1) is 0 Å². The number of benzene rings is 2. The SMILES string of the molecule is CCOC(=O)C=Cc1cc(C=CC(N)=O)cc(C(OC(C)=O)c2cccc(F)c2)c1. The summed E-state index contributed by atoms with van der Waals surface area (Å²) in [5.74, 6) is -2.17. The summed E-state index contributed by atoms with van der Waals surface area (Å²) < 4.78 is 24.1. The van der Waals surface area contributed by atoms with Crippen molar-refractivity contribution in [3.05, 3.63) is 82.7 Å². The van der Waals surface area contributed by atoms with Gasteiger partial charge in [0.2, 0.25) is 5.91 Å². The van der Waals surface area contributed by atoms with Crippen LogP contribution in [0.2, 0.25) is 0 Å². The number of rotatable bonds is 8. The van der Waals surface area contributed by atoms with E-state index in [0.717, 1.165) is 0 Å². The first kappa shape index (κ1) is 22.5. The first-order valence-electron chi connectivity index (χ1n) is 9.18. The zero-order valence-corrected chi connectivity index (χ0v) is 16.6. The minimum absolute atomic E-state index is 0.240. The quantitative estimate of drug-likeness (QED) is 0.529. The lowest BCUT2D eigenvalue weighted by Gasteiger charge is -2.19. The molecule has 6 nitrogen and oxygen atoms in total. The van der Waals surface area contributed by atoms with E-state index in [4.69, 9.17) is 15.2 Å². The highest BCUT2D eigenvalue weighted by molar-refractivity contribution is 5.90. The van der Waals surface area contributed by atoms with E-state index in [9.17, 15) is 18.8 Å². The second-order valence-electron chi connectivity index (χ2n) is 6.30. The Bertz CT molecular complexity index is 997. The normalized spacial score (nSPS) is 12.1. The van der Waals surface area contributed by atoms with Gasteiger partial charge < -0.3 is 15.2 Å². The molecule has 2 aromatic carbocycles. The number of esters is 2. The van der Waals surface area contributed by atoms with E-state index in [-0.39, 0.29) is 6.61 Å². The van der Waals surface area contributed by atoms with Crippen LogP contribution in [0.3, 0.4) is 0 Å². The molecule has 0 aliphatic rings. The second kappa shape index (κ2) is 10.7. The lowest BCUT2D eigenvalue weighted by molar-refractivity contribution is -0.144. The first-order chi connectivity index (χ1) is 14.3. The van der Waals surface area contributed by atoms with Crippen molar-refractivity contribution >= 4 is 30.0 Å². The van der Waals surface area contributed by atoms with Gasteiger partial charge in [-0.2, -0.15) is 0 Å². The van der Waals surface area contributed by atoms with Crippen LogP contribution in [0, 0.1) is 5.82 Å². The van der Waals surface area contributed by atoms with Gasteiger partial charge in [-0.3, -0.25) is 9.59 Å².